The van der Waals surface area contributed by atoms with E-state index in [-0.39, 0.29) is 0 Å². The molecule has 0 fully saturated rings. The van der Waals surface area contributed by atoms with Crippen LogP contribution in [0.25, 0.3) is 0 Å². The van der Waals surface area contributed by atoms with E-state index in [0.717, 1.165) is 5.56 Å². The van der Waals surface area contributed by atoms with Gasteiger partial charge in [0.15, 0.2) is 0 Å². The Morgan fingerprint density at radius 1 is 1.80 bits per heavy atom. The summed E-state index contributed by atoms with van der Waals surface area (Å²) in [5.41, 5.74) is 0.833. The molecule has 3 nitrogen and oxygen atoms in total. The second kappa shape index (κ2) is 3.17. The van der Waals surface area contributed by atoms with Gasteiger partial charge < -0.3 is 14.3 Å². The maximum absolute atomic E-state index is 9.95. The first-order valence-corrected chi connectivity index (χ1v) is 2.97. The van der Waals surface area contributed by atoms with E-state index in [9.17, 15) is 4.79 Å². The van der Waals surface area contributed by atoms with Gasteiger partial charge in [-0.2, -0.15) is 0 Å². The lowest BCUT2D eigenvalue weighted by molar-refractivity contribution is -0.114. The van der Waals surface area contributed by atoms with E-state index in [0.29, 0.717) is 12.7 Å². The number of hydrogen-bond acceptors (Lipinski definition) is 3. The molecule has 0 radical (unpaired) electrons. The Morgan fingerprint density at radius 2 is 2.60 bits per heavy atom. The van der Waals surface area contributed by atoms with Crippen molar-refractivity contribution in [1.82, 2.24) is 0 Å². The maximum atomic E-state index is 9.95. The van der Waals surface area contributed by atoms with Crippen LogP contribution in [0.3, 0.4) is 0 Å². The molecule has 0 bridgehead atoms. The van der Waals surface area contributed by atoms with Crippen LogP contribution in [0.15, 0.2) is 23.0 Å². The summed E-state index contributed by atoms with van der Waals surface area (Å²) in [5, 5.41) is 8.82. The molecule has 0 aliphatic carbocycles. The van der Waals surface area contributed by atoms with Crippen molar-refractivity contribution >= 4 is 6.29 Å². The quantitative estimate of drug-likeness (QED) is 0.617. The lowest BCUT2D eigenvalue weighted by Gasteiger charge is -1.96. The summed E-state index contributed by atoms with van der Waals surface area (Å²) in [4.78, 5) is 9.95. The van der Waals surface area contributed by atoms with Crippen molar-refractivity contribution in [3.8, 4) is 0 Å². The summed E-state index contributed by atoms with van der Waals surface area (Å²) >= 11 is 0. The first-order valence-electron chi connectivity index (χ1n) is 2.97. The number of aliphatic hydroxyl groups is 1. The molecule has 1 aromatic rings. The van der Waals surface area contributed by atoms with Crippen LogP contribution in [0, 0.1) is 0 Å². The largest absolute Gasteiger partial charge is 0.472 e. The van der Waals surface area contributed by atoms with Gasteiger partial charge in [-0.3, -0.25) is 0 Å². The van der Waals surface area contributed by atoms with Gasteiger partial charge in [-0.25, -0.2) is 0 Å². The van der Waals surface area contributed by atoms with E-state index in [1.807, 2.05) is 0 Å². The first-order chi connectivity index (χ1) is 4.83. The third-order valence-corrected chi connectivity index (χ3v) is 1.18. The molecule has 1 heterocycles. The minimum absolute atomic E-state index is 0.333. The molecule has 1 unspecified atom stereocenters. The van der Waals surface area contributed by atoms with E-state index in [1.54, 1.807) is 6.07 Å². The normalized spacial score (nSPS) is 12.9. The molecule has 0 amide bonds. The van der Waals surface area contributed by atoms with E-state index in [1.165, 1.54) is 12.5 Å². The highest BCUT2D eigenvalue weighted by molar-refractivity contribution is 5.56. The molecule has 54 valence electrons. The minimum atomic E-state index is -0.905. The highest BCUT2D eigenvalue weighted by atomic mass is 16.3. The van der Waals surface area contributed by atoms with Crippen molar-refractivity contribution in [2.75, 3.05) is 0 Å². The summed E-state index contributed by atoms with van der Waals surface area (Å²) in [7, 11) is 0. The molecular weight excluding hydrogens is 132 g/mol. The van der Waals surface area contributed by atoms with E-state index < -0.39 is 6.10 Å². The van der Waals surface area contributed by atoms with Crippen LogP contribution in [0.4, 0.5) is 0 Å². The Balaban J connectivity index is 2.47. The fourth-order valence-corrected chi connectivity index (χ4v) is 0.698. The van der Waals surface area contributed by atoms with Gasteiger partial charge in [0, 0.05) is 6.42 Å². The average Bonchev–Trinajstić information content (AvgIpc) is 2.40. The molecule has 1 aromatic heterocycles. The standard InChI is InChI=1S/C7H8O3/c8-4-7(9)3-6-1-2-10-5-6/h1-2,4-5,7,9H,3H2. The molecule has 10 heavy (non-hydrogen) atoms. The summed E-state index contributed by atoms with van der Waals surface area (Å²) in [6.45, 7) is 0. The number of carbonyl (C=O) groups excluding carboxylic acids is 1. The summed E-state index contributed by atoms with van der Waals surface area (Å²) < 4.78 is 4.73. The molecule has 1 atom stereocenters. The van der Waals surface area contributed by atoms with Gasteiger partial charge in [-0.1, -0.05) is 0 Å². The summed E-state index contributed by atoms with van der Waals surface area (Å²) in [6, 6.07) is 1.72. The second-order valence-electron chi connectivity index (χ2n) is 2.04. The van der Waals surface area contributed by atoms with E-state index >= 15 is 0 Å². The molecule has 0 saturated carbocycles. The summed E-state index contributed by atoms with van der Waals surface area (Å²) in [5.74, 6) is 0. The Morgan fingerprint density at radius 3 is 3.10 bits per heavy atom. The van der Waals surface area contributed by atoms with E-state index in [4.69, 9.17) is 9.52 Å². The Labute approximate surface area is 58.3 Å². The highest BCUT2D eigenvalue weighted by Gasteiger charge is 2.02. The van der Waals surface area contributed by atoms with Crippen LogP contribution in [-0.4, -0.2) is 17.5 Å². The minimum Gasteiger partial charge on any atom is -0.472 e. The van der Waals surface area contributed by atoms with E-state index in [2.05, 4.69) is 0 Å². The molecule has 0 aliphatic rings. The van der Waals surface area contributed by atoms with Crippen molar-refractivity contribution in [3.05, 3.63) is 24.2 Å². The van der Waals surface area contributed by atoms with Crippen molar-refractivity contribution < 1.29 is 14.3 Å². The van der Waals surface area contributed by atoms with Crippen molar-refractivity contribution in [2.45, 2.75) is 12.5 Å². The zero-order valence-electron chi connectivity index (χ0n) is 5.36. The fraction of sp³-hybridized carbons (Fsp3) is 0.286. The Hall–Kier alpha value is -1.09. The maximum Gasteiger partial charge on any atom is 0.148 e. The van der Waals surface area contributed by atoms with Crippen LogP contribution < -0.4 is 0 Å². The Bertz CT molecular complexity index is 191. The van der Waals surface area contributed by atoms with Crippen LogP contribution in [0.5, 0.6) is 0 Å². The lowest BCUT2D eigenvalue weighted by Crippen LogP contribution is -2.10. The van der Waals surface area contributed by atoms with Gasteiger partial charge in [0.05, 0.1) is 12.5 Å². The zero-order chi connectivity index (χ0) is 7.40. The number of carbonyl (C=O) groups is 1. The second-order valence-corrected chi connectivity index (χ2v) is 2.04. The van der Waals surface area contributed by atoms with Crippen LogP contribution in [-0.2, 0) is 11.2 Å². The number of aliphatic hydroxyl groups excluding tert-OH is 1. The molecule has 0 saturated heterocycles. The SMILES string of the molecule is O=CC(O)Cc1ccoc1. The summed E-state index contributed by atoms with van der Waals surface area (Å²) in [6.07, 6.45) is 2.95. The van der Waals surface area contributed by atoms with Crippen molar-refractivity contribution in [1.29, 1.82) is 0 Å². The lowest BCUT2D eigenvalue weighted by atomic mass is 10.2. The van der Waals surface area contributed by atoms with Crippen LogP contribution in [0.2, 0.25) is 0 Å². The Kier molecular flexibility index (Phi) is 2.23. The number of rotatable bonds is 3. The molecule has 0 aliphatic heterocycles. The van der Waals surface area contributed by atoms with Gasteiger partial charge in [0.1, 0.15) is 12.4 Å². The highest BCUT2D eigenvalue weighted by Crippen LogP contribution is 2.02. The third kappa shape index (κ3) is 1.70. The van der Waals surface area contributed by atoms with Gasteiger partial charge in [0.25, 0.3) is 0 Å². The molecule has 0 spiro atoms. The molecule has 0 aromatic carbocycles. The number of hydrogen-bond donors (Lipinski definition) is 1. The molecule has 1 N–H and O–H groups in total. The molecule has 1 rings (SSSR count). The first kappa shape index (κ1) is 7.02. The predicted molar refractivity (Wildman–Crippen MR) is 34.5 cm³/mol. The zero-order valence-corrected chi connectivity index (χ0v) is 5.36. The van der Waals surface area contributed by atoms with Crippen molar-refractivity contribution in [3.63, 3.8) is 0 Å². The average molecular weight is 140 g/mol. The smallest absolute Gasteiger partial charge is 0.148 e. The van der Waals surface area contributed by atoms with Gasteiger partial charge >= 0.3 is 0 Å². The topological polar surface area (TPSA) is 50.4 Å². The fourth-order valence-electron chi connectivity index (χ4n) is 0.698. The molecule has 3 heteroatoms. The van der Waals surface area contributed by atoms with Crippen LogP contribution in [0.1, 0.15) is 5.56 Å². The van der Waals surface area contributed by atoms with Crippen molar-refractivity contribution in [2.24, 2.45) is 0 Å². The van der Waals surface area contributed by atoms with Crippen LogP contribution >= 0.6 is 0 Å². The molecular formula is C7H8O3. The number of furan rings is 1. The monoisotopic (exact) mass is 140 g/mol. The van der Waals surface area contributed by atoms with Gasteiger partial charge in [0.2, 0.25) is 0 Å². The number of aldehydes is 1. The third-order valence-electron chi connectivity index (χ3n) is 1.18. The predicted octanol–water partition coefficient (Wildman–Crippen LogP) is 0.382. The van der Waals surface area contributed by atoms with Gasteiger partial charge in [-0.05, 0) is 11.6 Å². The van der Waals surface area contributed by atoms with Gasteiger partial charge in [-0.15, -0.1) is 0 Å².